The Morgan fingerprint density at radius 1 is 1.29 bits per heavy atom. The van der Waals surface area contributed by atoms with Gasteiger partial charge in [0.1, 0.15) is 0 Å². The molecule has 0 unspecified atom stereocenters. The van der Waals surface area contributed by atoms with Crippen molar-refractivity contribution in [1.82, 2.24) is 4.90 Å². The minimum absolute atomic E-state index is 0.318. The van der Waals surface area contributed by atoms with Crippen LogP contribution in [-0.4, -0.2) is 24.4 Å². The van der Waals surface area contributed by atoms with Crippen LogP contribution in [0.2, 0.25) is 0 Å². The van der Waals surface area contributed by atoms with Gasteiger partial charge in [-0.2, -0.15) is 0 Å². The molecule has 1 aliphatic carbocycles. The van der Waals surface area contributed by atoms with E-state index in [1.807, 2.05) is 11.9 Å². The zero-order valence-electron chi connectivity index (χ0n) is 9.59. The fourth-order valence-electron chi connectivity index (χ4n) is 2.26. The van der Waals surface area contributed by atoms with Crippen molar-refractivity contribution >= 4 is 5.91 Å². The Morgan fingerprint density at radius 3 is 2.50 bits per heavy atom. The molecule has 0 radical (unpaired) electrons. The highest BCUT2D eigenvalue weighted by Crippen LogP contribution is 2.24. The van der Waals surface area contributed by atoms with Gasteiger partial charge in [-0.05, 0) is 25.2 Å². The lowest BCUT2D eigenvalue weighted by atomic mass is 9.89. The second kappa shape index (κ2) is 6.05. The monoisotopic (exact) mass is 197 g/mol. The maximum Gasteiger partial charge on any atom is 0.222 e. The molecule has 2 nitrogen and oxygen atoms in total. The summed E-state index contributed by atoms with van der Waals surface area (Å²) in [5.74, 6) is 1.09. The van der Waals surface area contributed by atoms with Crippen LogP contribution >= 0.6 is 0 Å². The molecule has 1 saturated carbocycles. The molecule has 0 aliphatic heterocycles. The van der Waals surface area contributed by atoms with Gasteiger partial charge in [0.05, 0.1) is 0 Å². The number of hydrogen-bond donors (Lipinski definition) is 0. The lowest BCUT2D eigenvalue weighted by molar-refractivity contribution is -0.130. The second-order valence-corrected chi connectivity index (χ2v) is 4.53. The molecule has 1 amide bonds. The quantitative estimate of drug-likeness (QED) is 0.678. The number of carbonyl (C=O) groups excluding carboxylic acids is 1. The van der Waals surface area contributed by atoms with E-state index in [4.69, 9.17) is 0 Å². The van der Waals surface area contributed by atoms with Gasteiger partial charge < -0.3 is 4.90 Å². The summed E-state index contributed by atoms with van der Waals surface area (Å²) in [5, 5.41) is 0. The summed E-state index contributed by atoms with van der Waals surface area (Å²) in [4.78, 5) is 13.5. The van der Waals surface area contributed by atoms with Crippen molar-refractivity contribution in [3.05, 3.63) is 0 Å². The molecular weight excluding hydrogens is 174 g/mol. The van der Waals surface area contributed by atoms with Gasteiger partial charge in [-0.3, -0.25) is 4.79 Å². The van der Waals surface area contributed by atoms with E-state index in [0.29, 0.717) is 12.3 Å². The Hall–Kier alpha value is -0.530. The molecule has 0 spiro atoms. The second-order valence-electron chi connectivity index (χ2n) is 4.53. The SMILES string of the molecule is CCCC(=O)N(C)CC1CCCCC1. The Labute approximate surface area is 87.7 Å². The molecule has 0 aromatic heterocycles. The lowest BCUT2D eigenvalue weighted by Crippen LogP contribution is -2.32. The van der Waals surface area contributed by atoms with Crippen molar-refractivity contribution in [3.8, 4) is 0 Å². The van der Waals surface area contributed by atoms with E-state index < -0.39 is 0 Å². The van der Waals surface area contributed by atoms with Gasteiger partial charge in [-0.1, -0.05) is 26.2 Å². The van der Waals surface area contributed by atoms with Crippen LogP contribution < -0.4 is 0 Å². The first kappa shape index (κ1) is 11.5. The van der Waals surface area contributed by atoms with Crippen LogP contribution in [0.4, 0.5) is 0 Å². The molecule has 0 bridgehead atoms. The lowest BCUT2D eigenvalue weighted by Gasteiger charge is -2.27. The maximum absolute atomic E-state index is 11.5. The van der Waals surface area contributed by atoms with Crippen molar-refractivity contribution in [2.24, 2.45) is 5.92 Å². The number of hydrogen-bond acceptors (Lipinski definition) is 1. The van der Waals surface area contributed by atoms with Gasteiger partial charge in [-0.25, -0.2) is 0 Å². The molecule has 1 fully saturated rings. The molecule has 1 aliphatic rings. The van der Waals surface area contributed by atoms with Gasteiger partial charge >= 0.3 is 0 Å². The van der Waals surface area contributed by atoms with Gasteiger partial charge in [0.2, 0.25) is 5.91 Å². The average molecular weight is 197 g/mol. The Kier molecular flexibility index (Phi) is 4.99. The van der Waals surface area contributed by atoms with Crippen LogP contribution in [0.1, 0.15) is 51.9 Å². The van der Waals surface area contributed by atoms with E-state index in [2.05, 4.69) is 6.92 Å². The van der Waals surface area contributed by atoms with Crippen molar-refractivity contribution in [3.63, 3.8) is 0 Å². The van der Waals surface area contributed by atoms with Gasteiger partial charge in [-0.15, -0.1) is 0 Å². The predicted molar refractivity (Wildman–Crippen MR) is 59.1 cm³/mol. The van der Waals surface area contributed by atoms with Crippen LogP contribution in [0.25, 0.3) is 0 Å². The van der Waals surface area contributed by atoms with Gasteiger partial charge in [0, 0.05) is 20.0 Å². The van der Waals surface area contributed by atoms with Crippen LogP contribution in [0, 0.1) is 5.92 Å². The summed E-state index contributed by atoms with van der Waals surface area (Å²) >= 11 is 0. The molecule has 0 saturated heterocycles. The highest BCUT2D eigenvalue weighted by molar-refractivity contribution is 5.75. The standard InChI is InChI=1S/C12H23NO/c1-3-7-12(14)13(2)10-11-8-5-4-6-9-11/h11H,3-10H2,1-2H3. The molecule has 0 aromatic rings. The summed E-state index contributed by atoms with van der Waals surface area (Å²) < 4.78 is 0. The molecule has 82 valence electrons. The van der Waals surface area contributed by atoms with E-state index >= 15 is 0 Å². The summed E-state index contributed by atoms with van der Waals surface area (Å²) in [6.07, 6.45) is 8.44. The smallest absolute Gasteiger partial charge is 0.222 e. The van der Waals surface area contributed by atoms with Crippen LogP contribution in [0.3, 0.4) is 0 Å². The van der Waals surface area contributed by atoms with Crippen molar-refractivity contribution in [2.75, 3.05) is 13.6 Å². The molecule has 0 aromatic carbocycles. The van der Waals surface area contributed by atoms with E-state index in [0.717, 1.165) is 18.9 Å². The fraction of sp³-hybridized carbons (Fsp3) is 0.917. The third-order valence-electron chi connectivity index (χ3n) is 3.15. The maximum atomic E-state index is 11.5. The Balaban J connectivity index is 2.24. The summed E-state index contributed by atoms with van der Waals surface area (Å²) in [5.41, 5.74) is 0. The van der Waals surface area contributed by atoms with E-state index in [1.54, 1.807) is 0 Å². The largest absolute Gasteiger partial charge is 0.345 e. The summed E-state index contributed by atoms with van der Waals surface area (Å²) in [6.45, 7) is 3.05. The minimum atomic E-state index is 0.318. The molecule has 0 N–H and O–H groups in total. The zero-order chi connectivity index (χ0) is 10.4. The first-order chi connectivity index (χ1) is 6.74. The van der Waals surface area contributed by atoms with Crippen LogP contribution in [0.5, 0.6) is 0 Å². The van der Waals surface area contributed by atoms with Gasteiger partial charge in [0.25, 0.3) is 0 Å². The highest BCUT2D eigenvalue weighted by Gasteiger charge is 2.17. The van der Waals surface area contributed by atoms with Crippen LogP contribution in [0.15, 0.2) is 0 Å². The first-order valence-electron chi connectivity index (χ1n) is 5.98. The third kappa shape index (κ3) is 3.69. The Morgan fingerprint density at radius 2 is 1.93 bits per heavy atom. The average Bonchev–Trinajstić information content (AvgIpc) is 2.19. The van der Waals surface area contributed by atoms with E-state index in [1.165, 1.54) is 32.1 Å². The molecule has 2 heteroatoms. The predicted octanol–water partition coefficient (Wildman–Crippen LogP) is 2.83. The van der Waals surface area contributed by atoms with E-state index in [-0.39, 0.29) is 0 Å². The molecule has 0 heterocycles. The number of carbonyl (C=O) groups is 1. The summed E-state index contributed by atoms with van der Waals surface area (Å²) in [6, 6.07) is 0. The molecular formula is C12H23NO. The zero-order valence-corrected chi connectivity index (χ0v) is 9.59. The molecule has 14 heavy (non-hydrogen) atoms. The highest BCUT2D eigenvalue weighted by atomic mass is 16.2. The normalized spacial score (nSPS) is 18.1. The fourth-order valence-corrected chi connectivity index (χ4v) is 2.26. The van der Waals surface area contributed by atoms with Crippen molar-refractivity contribution < 1.29 is 4.79 Å². The number of nitrogens with zero attached hydrogens (tertiary/aromatic N) is 1. The molecule has 0 atom stereocenters. The Bertz CT molecular complexity index is 173. The first-order valence-corrected chi connectivity index (χ1v) is 5.98. The number of amides is 1. The third-order valence-corrected chi connectivity index (χ3v) is 3.15. The van der Waals surface area contributed by atoms with Crippen molar-refractivity contribution in [1.29, 1.82) is 0 Å². The topological polar surface area (TPSA) is 20.3 Å². The van der Waals surface area contributed by atoms with E-state index in [9.17, 15) is 4.79 Å². The van der Waals surface area contributed by atoms with Gasteiger partial charge in [0.15, 0.2) is 0 Å². The summed E-state index contributed by atoms with van der Waals surface area (Å²) in [7, 11) is 1.95. The molecule has 1 rings (SSSR count). The van der Waals surface area contributed by atoms with Crippen molar-refractivity contribution in [2.45, 2.75) is 51.9 Å². The minimum Gasteiger partial charge on any atom is -0.345 e. The van der Waals surface area contributed by atoms with Crippen LogP contribution in [-0.2, 0) is 4.79 Å². The number of rotatable bonds is 4.